The van der Waals surface area contributed by atoms with Gasteiger partial charge in [0.15, 0.2) is 0 Å². The Kier molecular flexibility index (Phi) is 12.0. The Bertz CT molecular complexity index is 2950. The number of benzene rings is 5. The molecule has 16 nitrogen and oxygen atoms in total. The van der Waals surface area contributed by atoms with Gasteiger partial charge in [0.25, 0.3) is 0 Å². The number of morpholine rings is 1. The van der Waals surface area contributed by atoms with Gasteiger partial charge in [-0.05, 0) is 59.0 Å². The maximum atomic E-state index is 16.3. The lowest BCUT2D eigenvalue weighted by Crippen LogP contribution is -2.57. The highest BCUT2D eigenvalue weighted by Crippen LogP contribution is 2.66. The van der Waals surface area contributed by atoms with Gasteiger partial charge in [-0.3, -0.25) is 19.3 Å². The van der Waals surface area contributed by atoms with E-state index in [9.17, 15) is 19.5 Å². The predicted molar refractivity (Wildman–Crippen MR) is 244 cm³/mol. The number of esters is 2. The van der Waals surface area contributed by atoms with Gasteiger partial charge in [0.05, 0.1) is 42.9 Å². The zero-order valence-corrected chi connectivity index (χ0v) is 36.8. The van der Waals surface area contributed by atoms with Gasteiger partial charge in [-0.25, -0.2) is 19.2 Å². The number of amides is 4. The molecule has 4 amide bonds. The van der Waals surface area contributed by atoms with Crippen molar-refractivity contribution in [3.63, 3.8) is 0 Å². The highest BCUT2D eigenvalue weighted by molar-refractivity contribution is 6.25. The van der Waals surface area contributed by atoms with Crippen molar-refractivity contribution in [2.45, 2.75) is 56.1 Å². The molecule has 16 heteroatoms. The van der Waals surface area contributed by atoms with E-state index in [2.05, 4.69) is 27.5 Å². The maximum absolute atomic E-state index is 16.3. The number of nitrogens with one attached hydrogen (secondary N) is 1. The number of ether oxygens (including phenoxy) is 3. The number of anilines is 1. The van der Waals surface area contributed by atoms with Crippen LogP contribution in [0.25, 0.3) is 11.0 Å². The number of aliphatic hydroxyl groups excluding tert-OH is 1. The van der Waals surface area contributed by atoms with Crippen LogP contribution >= 0.6 is 0 Å². The summed E-state index contributed by atoms with van der Waals surface area (Å²) in [6.45, 7) is 3.08. The summed E-state index contributed by atoms with van der Waals surface area (Å²) in [5.41, 5.74) is 8.13. The summed E-state index contributed by atoms with van der Waals surface area (Å²) in [6.07, 6.45) is -0.976. The molecule has 4 heterocycles. The Balaban J connectivity index is 1.32. The molecule has 2 saturated heterocycles. The second kappa shape index (κ2) is 18.2. The van der Waals surface area contributed by atoms with Gasteiger partial charge in [0, 0.05) is 11.1 Å². The lowest BCUT2D eigenvalue weighted by atomic mass is 9.65. The van der Waals surface area contributed by atoms with Crippen molar-refractivity contribution >= 4 is 46.5 Å². The molecule has 3 aliphatic heterocycles. The fourth-order valence-electron chi connectivity index (χ4n) is 10.1. The highest BCUT2D eigenvalue weighted by atomic mass is 16.6. The van der Waals surface area contributed by atoms with Gasteiger partial charge in [0.2, 0.25) is 11.8 Å². The van der Waals surface area contributed by atoms with Crippen LogP contribution in [0.4, 0.5) is 10.5 Å². The Morgan fingerprint density at radius 1 is 0.896 bits per heavy atom. The number of nitrogens with zero attached hydrogens (tertiary/aromatic N) is 5. The number of urea groups is 1. The summed E-state index contributed by atoms with van der Waals surface area (Å²) >= 11 is 0. The van der Waals surface area contributed by atoms with Crippen molar-refractivity contribution in [1.29, 1.82) is 0 Å². The van der Waals surface area contributed by atoms with Gasteiger partial charge in [-0.15, -0.1) is 5.10 Å². The number of para-hydroxylation sites is 2. The summed E-state index contributed by atoms with van der Waals surface area (Å²) in [6, 6.07) is 31.7. The Morgan fingerprint density at radius 2 is 1.58 bits per heavy atom. The standard InChI is InChI=1S/C51H47N7O9/c1-30(2)41(47(61)65-3)53-50(64)57-37-25-24-31(15-14-26-56-38-22-12-11-21-36(38)54-55-56)29-35(37)51(49(57)63)40(46(52)60)43-48(62)67-44(33-18-8-5-9-19-33)42(32-16-6-4-7-17-32)58(43)45(51)34-20-10-13-23-39(34)66-28-27-59/h4-13,16-25,29-30,40-45,59H,26-28H2,1-3H3,(H2,52,60)(H,53,64)/t40-,41+,42-,43-,44+,45+,51-/m1/s1. The molecule has 9 rings (SSSR count). The number of aliphatic hydroxyl groups is 1. The number of hydrogen-bond donors (Lipinski definition) is 3. The number of hydrogen-bond acceptors (Lipinski definition) is 12. The fourth-order valence-corrected chi connectivity index (χ4v) is 10.1. The van der Waals surface area contributed by atoms with Crippen LogP contribution in [-0.4, -0.2) is 87.2 Å². The normalized spacial score (nSPS) is 22.4. The number of rotatable bonds is 11. The topological polar surface area (TPSA) is 209 Å². The van der Waals surface area contributed by atoms with Crippen molar-refractivity contribution in [2.75, 3.05) is 25.2 Å². The lowest BCUT2D eigenvalue weighted by Gasteiger charge is -2.46. The molecular weight excluding hydrogens is 855 g/mol. The molecule has 2 fully saturated rings. The third-order valence-corrected chi connectivity index (χ3v) is 12.8. The van der Waals surface area contributed by atoms with E-state index in [1.807, 2.05) is 89.8 Å². The van der Waals surface area contributed by atoms with Crippen molar-refractivity contribution in [2.24, 2.45) is 17.6 Å². The molecule has 340 valence electrons. The number of carbonyl (C=O) groups excluding carboxylic acids is 5. The van der Waals surface area contributed by atoms with Crippen LogP contribution in [0.3, 0.4) is 0 Å². The summed E-state index contributed by atoms with van der Waals surface area (Å²) in [5, 5.41) is 21.2. The van der Waals surface area contributed by atoms with E-state index in [1.54, 1.807) is 61.0 Å². The average Bonchev–Trinajstić information content (AvgIpc) is 3.98. The van der Waals surface area contributed by atoms with Crippen LogP contribution in [-0.2, 0) is 40.6 Å². The number of methoxy groups -OCH3 is 1. The van der Waals surface area contributed by atoms with E-state index in [4.69, 9.17) is 19.9 Å². The van der Waals surface area contributed by atoms with Crippen LogP contribution in [0, 0.1) is 23.7 Å². The SMILES string of the molecule is COC(=O)[C@@H](NC(=O)N1C(=O)[C@@]2(c3cc(C#CCn4nnc5ccccc54)ccc31)[C@H](c1ccccc1OCCO)N1[C@H](c3ccccc3)[C@H](c3ccccc3)OC(=O)[C@H]1[C@@H]2C(N)=O)C(C)C. The van der Waals surface area contributed by atoms with E-state index in [0.717, 1.165) is 10.4 Å². The minimum Gasteiger partial charge on any atom is -0.491 e. The largest absolute Gasteiger partial charge is 0.491 e. The molecule has 67 heavy (non-hydrogen) atoms. The first kappa shape index (κ1) is 44.3. The molecule has 0 saturated carbocycles. The first-order valence-corrected chi connectivity index (χ1v) is 21.8. The molecule has 0 bridgehead atoms. The van der Waals surface area contributed by atoms with Crippen molar-refractivity contribution < 1.29 is 43.3 Å². The zero-order valence-electron chi connectivity index (χ0n) is 36.8. The summed E-state index contributed by atoms with van der Waals surface area (Å²) in [5.74, 6) is 0.940. The molecule has 3 aliphatic rings. The monoisotopic (exact) mass is 901 g/mol. The van der Waals surface area contributed by atoms with E-state index < -0.39 is 77.3 Å². The quantitative estimate of drug-likeness (QED) is 0.117. The number of primary amides is 1. The van der Waals surface area contributed by atoms with Crippen molar-refractivity contribution in [1.82, 2.24) is 25.2 Å². The van der Waals surface area contributed by atoms with E-state index in [-0.39, 0.29) is 36.8 Å². The first-order valence-electron chi connectivity index (χ1n) is 21.8. The molecule has 0 radical (unpaired) electrons. The number of imide groups is 1. The summed E-state index contributed by atoms with van der Waals surface area (Å²) in [4.78, 5) is 76.8. The van der Waals surface area contributed by atoms with Gasteiger partial charge < -0.3 is 30.4 Å². The summed E-state index contributed by atoms with van der Waals surface area (Å²) in [7, 11) is 1.20. The van der Waals surface area contributed by atoms with Crippen LogP contribution in [0.15, 0.2) is 127 Å². The Labute approximate surface area is 385 Å². The third-order valence-electron chi connectivity index (χ3n) is 12.8. The van der Waals surface area contributed by atoms with Crippen LogP contribution in [0.1, 0.15) is 59.9 Å². The fraction of sp³-hybridized carbons (Fsp3) is 0.275. The molecule has 0 unspecified atom stereocenters. The maximum Gasteiger partial charge on any atom is 0.329 e. The van der Waals surface area contributed by atoms with E-state index in [0.29, 0.717) is 27.8 Å². The number of nitrogens with two attached hydrogens (primary N) is 1. The third kappa shape index (κ3) is 7.51. The molecule has 1 aromatic heterocycles. The van der Waals surface area contributed by atoms with Gasteiger partial charge >= 0.3 is 18.0 Å². The molecule has 1 spiro atoms. The summed E-state index contributed by atoms with van der Waals surface area (Å²) < 4.78 is 19.3. The van der Waals surface area contributed by atoms with Crippen LogP contribution in [0.5, 0.6) is 5.75 Å². The van der Waals surface area contributed by atoms with Gasteiger partial charge in [-0.2, -0.15) is 0 Å². The second-order valence-corrected chi connectivity index (χ2v) is 16.9. The number of carbonyl (C=O) groups is 5. The molecule has 7 atom stereocenters. The Hall–Kier alpha value is -7.87. The molecule has 5 aromatic carbocycles. The number of fused-ring (bicyclic) bond motifs is 4. The predicted octanol–water partition coefficient (Wildman–Crippen LogP) is 4.91. The van der Waals surface area contributed by atoms with Gasteiger partial charge in [-0.1, -0.05) is 122 Å². The molecular formula is C51H47N7O9. The molecule has 6 aromatic rings. The molecule has 4 N–H and O–H groups in total. The number of aromatic nitrogens is 3. The van der Waals surface area contributed by atoms with Crippen molar-refractivity contribution in [3.05, 3.63) is 155 Å². The Morgan fingerprint density at radius 3 is 2.28 bits per heavy atom. The second-order valence-electron chi connectivity index (χ2n) is 16.9. The first-order chi connectivity index (χ1) is 32.5. The molecule has 0 aliphatic carbocycles. The minimum absolute atomic E-state index is 0.0665. The van der Waals surface area contributed by atoms with Crippen LogP contribution < -0.4 is 20.7 Å². The van der Waals surface area contributed by atoms with Crippen molar-refractivity contribution in [3.8, 4) is 17.6 Å². The average molecular weight is 902 g/mol. The number of cyclic esters (lactones) is 1. The van der Waals surface area contributed by atoms with Crippen LogP contribution in [0.2, 0.25) is 0 Å². The zero-order chi connectivity index (χ0) is 47.0. The lowest BCUT2D eigenvalue weighted by molar-refractivity contribution is -0.178. The van der Waals surface area contributed by atoms with Gasteiger partial charge in [0.1, 0.15) is 48.0 Å². The van der Waals surface area contributed by atoms with E-state index >= 15 is 9.59 Å². The van der Waals surface area contributed by atoms with E-state index in [1.165, 1.54) is 7.11 Å². The smallest absolute Gasteiger partial charge is 0.329 e. The minimum atomic E-state index is -2.18. The highest BCUT2D eigenvalue weighted by Gasteiger charge is 2.75.